The maximum atomic E-state index is 7.38. The van der Waals surface area contributed by atoms with E-state index in [0.717, 1.165) is 140 Å². The van der Waals surface area contributed by atoms with Gasteiger partial charge < -0.3 is 41.0 Å². The zero-order valence-electron chi connectivity index (χ0n) is 84.2. The normalized spacial score (nSPS) is 10.9. The minimum atomic E-state index is -2.15. The van der Waals surface area contributed by atoms with E-state index >= 15 is 0 Å². The Morgan fingerprint density at radius 2 is 0.591 bits per heavy atom. The molecule has 0 amide bonds. The first-order valence-corrected chi connectivity index (χ1v) is 41.5. The maximum Gasteiger partial charge on any atom is 0.0263 e. The topological polar surface area (TPSA) is 77.3 Å². The van der Waals surface area contributed by atoms with Crippen LogP contribution < -0.4 is 0 Å². The van der Waals surface area contributed by atoms with E-state index in [1.807, 2.05) is 318 Å². The summed E-state index contributed by atoms with van der Waals surface area (Å²) in [6.45, 7) is 3.87. The van der Waals surface area contributed by atoms with Crippen molar-refractivity contribution in [3.63, 3.8) is 0 Å². The Kier molecular flexibility index (Phi) is 49.5. The Labute approximate surface area is 983 Å². The average molecular weight is 2800 g/mol. The van der Waals surface area contributed by atoms with E-state index in [1.54, 1.807) is 48.9 Å². The number of hydrogen-bond donors (Lipinski definition) is 0. The van der Waals surface area contributed by atoms with Gasteiger partial charge >= 0.3 is 0 Å². The molecule has 0 bridgehead atoms. The fourth-order valence-corrected chi connectivity index (χ4v) is 12.5. The molecule has 0 N–H and O–H groups in total. The molecule has 0 aliphatic heterocycles. The molecule has 0 aliphatic rings. The summed E-state index contributed by atoms with van der Waals surface area (Å²) < 4.78 is 65.9. The molecule has 137 heavy (non-hydrogen) atoms. The van der Waals surface area contributed by atoms with Crippen LogP contribution >= 0.6 is 0 Å². The van der Waals surface area contributed by atoms with Gasteiger partial charge in [-0.1, -0.05) is 114 Å². The fraction of sp³-hybridized carbons (Fsp3) is 0.0732. The van der Waals surface area contributed by atoms with Gasteiger partial charge in [-0.15, -0.1) is 107 Å². The molecule has 4 radical (unpaired) electrons. The van der Waals surface area contributed by atoms with Crippen LogP contribution in [0.1, 0.15) is 71.3 Å². The van der Waals surface area contributed by atoms with Gasteiger partial charge in [0.25, 0.3) is 0 Å². The summed E-state index contributed by atoms with van der Waals surface area (Å²) in [6, 6.07) is 169. The van der Waals surface area contributed by atoms with Crippen molar-refractivity contribution >= 4 is 0 Å². The molecule has 0 fully saturated rings. The summed E-state index contributed by atoms with van der Waals surface area (Å²) in [5, 5.41) is 0. The smallest absolute Gasteiger partial charge is 0.0263 e. The predicted molar refractivity (Wildman–Crippen MR) is 523 cm³/mol. The van der Waals surface area contributed by atoms with Gasteiger partial charge in [-0.25, -0.2) is 186 Å². The minimum Gasteiger partial charge on any atom is -0.373 e. The largest absolute Gasteiger partial charge is 0.373 e. The van der Waals surface area contributed by atoms with Gasteiger partial charge in [0.2, 0.25) is 0 Å². The average Bonchev–Trinajstić information content (AvgIpc) is 0.825. The van der Waals surface area contributed by atoms with Gasteiger partial charge in [-0.05, 0) is 41.6 Å². The van der Waals surface area contributed by atoms with Gasteiger partial charge in [-0.2, -0.15) is 231 Å². The van der Waals surface area contributed by atoms with Gasteiger partial charge in [0, 0.05) is 252 Å². The van der Waals surface area contributed by atoms with Gasteiger partial charge in [-0.3, -0.25) is 23.3 Å². The van der Waals surface area contributed by atoms with Crippen LogP contribution in [0.4, 0.5) is 0 Å². The zero-order valence-corrected chi connectivity index (χ0v) is 95.7. The van der Waals surface area contributed by atoms with Crippen LogP contribution in [0, 0.1) is 163 Å². The molecule has 20 aromatic rings. The number of pyridine rings is 6. The van der Waals surface area contributed by atoms with Crippen molar-refractivity contribution in [2.24, 2.45) is 0 Å². The van der Waals surface area contributed by atoms with Crippen LogP contribution in [0.25, 0.3) is 134 Å². The second-order valence-electron chi connectivity index (χ2n) is 29.0. The van der Waals surface area contributed by atoms with Crippen LogP contribution in [0.5, 0.6) is 0 Å². The van der Waals surface area contributed by atoms with Crippen molar-refractivity contribution in [1.29, 1.82) is 0 Å². The fourth-order valence-electron chi connectivity index (χ4n) is 12.5. The maximum absolute atomic E-state index is 7.38. The molecular weight excluding hydrogens is 2700 g/mol. The van der Waals surface area contributed by atoms with Crippen LogP contribution in [-0.2, 0) is 215 Å². The van der Waals surface area contributed by atoms with E-state index in [9.17, 15) is 0 Å². The van der Waals surface area contributed by atoms with E-state index in [1.165, 1.54) is 29.8 Å². The number of hydrogen-bond acceptors (Lipinski definition) is 6. The summed E-state index contributed by atoms with van der Waals surface area (Å²) in [7, 11) is 0. The molecule has 0 aliphatic carbocycles. The van der Waals surface area contributed by atoms with Crippen molar-refractivity contribution in [2.75, 3.05) is 0 Å². The number of nitrogens with zero attached hydrogens (tertiary/aromatic N) is 6. The molecule has 0 unspecified atom stereocenters. The van der Waals surface area contributed by atoms with E-state index in [0.29, 0.717) is 22.6 Å². The molecule has 14 heteroatoms. The molecule has 0 spiro atoms. The van der Waals surface area contributed by atoms with E-state index in [-0.39, 0.29) is 226 Å². The van der Waals surface area contributed by atoms with Gasteiger partial charge in [0.05, 0.1) is 0 Å². The zero-order chi connectivity index (χ0) is 96.9. The van der Waals surface area contributed by atoms with E-state index < -0.39 is 20.6 Å². The third-order valence-electron chi connectivity index (χ3n) is 19.1. The molecule has 20 rings (SSSR count). The van der Waals surface area contributed by atoms with Crippen LogP contribution in [-0.4, -0.2) is 29.9 Å². The third kappa shape index (κ3) is 38.9. The van der Waals surface area contributed by atoms with Crippen molar-refractivity contribution in [3.05, 3.63) is 543 Å². The summed E-state index contributed by atoms with van der Waals surface area (Å²) in [4.78, 5) is 25.8. The number of aromatic nitrogens is 6. The number of benzene rings is 14. The summed E-state index contributed by atoms with van der Waals surface area (Å²) in [6.07, 6.45) is 13.2. The van der Waals surface area contributed by atoms with Crippen LogP contribution in [0.2, 0.25) is 0 Å². The molecule has 14 aromatic carbocycles. The second kappa shape index (κ2) is 65.2. The monoisotopic (exact) mass is 2790 g/mol. The molecule has 6 heterocycles. The third-order valence-corrected chi connectivity index (χ3v) is 19.1. The van der Waals surface area contributed by atoms with Crippen LogP contribution in [0.3, 0.4) is 0 Å². The predicted octanol–water partition coefficient (Wildman–Crippen LogP) is 28.8. The first-order valence-electron chi connectivity index (χ1n) is 46.0. The Bertz CT molecular complexity index is 6760. The standard InChI is InChI=1S/C20H17N2.C17H11N2.2C17H10N.2C14H12.2C12H8.4Pt.4Y/c1-14(2)16-9-10-21-20(12-16)18-6-4-5-17(11-18)19-8-7-15(3)22-13-19;1-13-8-9-16(12-19-13)14-5-4-6-15(11-14)17-7-2-3-10-18-17;1-2-8-14(9-3-1)15-10-4-5-11-16(15)17-12-6-7-13-18-17;1-2-6-14(7-3-1)15-9-11-16(12-10-15)17-8-4-5-13-18-17;1-11-3-7-13(8-4-11)14-9-5-12(2)6-10-14;1-11-5-3-7-13(9-11)14-8-4-6-12(2)10-14;2*1-3-7-11(8-4-1)12-9-5-2-6-10-12;;;;;;;;/h4-5,7-10,12,14H,1-3H3;2-5,7-10H,1H3;1-8,12-13H;1-6,8-9,12-13H;3-7,9H,1-2H3;3-6,9-10H,1-2H3;2*1-7,9H;;;;;;;;/q4*-3;4*-2;;;;;;;;/i;;;;1D3,2D3;1D3;;;;;;;;;;. The second-order valence-corrected chi connectivity index (χ2v) is 29.0. The van der Waals surface area contributed by atoms with Crippen molar-refractivity contribution in [3.8, 4) is 134 Å². The Balaban J connectivity index is 0.000000293. The van der Waals surface area contributed by atoms with Gasteiger partial charge in [0.15, 0.2) is 0 Å². The summed E-state index contributed by atoms with van der Waals surface area (Å²) in [5.74, 6) is 0.472. The van der Waals surface area contributed by atoms with Gasteiger partial charge in [0.1, 0.15) is 0 Å². The molecular formula is C123H88N6Pt4Y4-20. The Hall–Kier alpha value is -8.85. The Morgan fingerprint density at radius 1 is 0.234 bits per heavy atom. The minimum absolute atomic E-state index is 0. The van der Waals surface area contributed by atoms with Crippen molar-refractivity contribution in [2.45, 2.75) is 61.1 Å². The van der Waals surface area contributed by atoms with Crippen molar-refractivity contribution < 1.29 is 227 Å². The summed E-state index contributed by atoms with van der Waals surface area (Å²) >= 11 is 0. The first kappa shape index (κ1) is 104. The molecule has 6 nitrogen and oxygen atoms in total. The molecule has 0 atom stereocenters. The Morgan fingerprint density at radius 3 is 0.985 bits per heavy atom. The molecule has 6 aromatic heterocycles. The number of rotatable bonds is 13. The van der Waals surface area contributed by atoms with Crippen molar-refractivity contribution in [1.82, 2.24) is 29.9 Å². The molecule has 682 valence electrons. The molecule has 0 saturated heterocycles. The quantitative estimate of drug-likeness (QED) is 0.107. The van der Waals surface area contributed by atoms with E-state index in [4.69, 9.17) is 12.3 Å². The first-order chi connectivity index (χ1) is 66.9. The van der Waals surface area contributed by atoms with Crippen LogP contribution in [0.15, 0.2) is 383 Å². The SMILES string of the molecule is Cc1ccc(-c2[c-]c(-c3cc(C(C)C)ccn3)[c-]cc2)[c-]n1.Cc1ccc(-c2[c-]c(-c3ccccn3)[c-]cc2)[c-]n1.[2H]C([2H])([2H])c1c[c-]c(-c2[c-]cc(C([2H])([2H])[2H])cc2)cc1.[2H]C([2H])([2H])c1cc[c-]c(-c2[c-]ccc(C)c2)c1.[Pt].[Pt].[Pt].[Pt].[Y].[Y].[Y].[Y].[c-]1cc(-c2ccccn2)[c-]cc1-c1[c-]cccc1.[c-]1ccccc1-c1[c-]cc[c-]c1-c1ccccn1.[c-]1ccccc1-c1[c-]cccc1.[c-]1ccccc1-c1[c-]cccc1. The van der Waals surface area contributed by atoms with E-state index in [2.05, 4.69) is 177 Å². The number of aryl methyl sites for hydroxylation is 6. The molecule has 0 saturated carbocycles. The summed E-state index contributed by atoms with van der Waals surface area (Å²) in [5.41, 5.74) is 27.4.